The van der Waals surface area contributed by atoms with Gasteiger partial charge in [-0.05, 0) is 37.9 Å². The second kappa shape index (κ2) is 5.50. The predicted molar refractivity (Wildman–Crippen MR) is 75.6 cm³/mol. The lowest BCUT2D eigenvalue weighted by molar-refractivity contribution is 0.114. The predicted octanol–water partition coefficient (Wildman–Crippen LogP) is 2.34. The van der Waals surface area contributed by atoms with E-state index in [2.05, 4.69) is 28.2 Å². The molecular weight excluding hydrogens is 228 g/mol. The van der Waals surface area contributed by atoms with Crippen LogP contribution in [-0.2, 0) is 0 Å². The Balaban J connectivity index is 1.60. The van der Waals surface area contributed by atoms with Crippen LogP contribution >= 0.6 is 11.8 Å². The van der Waals surface area contributed by atoms with E-state index < -0.39 is 0 Å². The van der Waals surface area contributed by atoms with Crippen molar-refractivity contribution in [2.45, 2.75) is 55.9 Å². The van der Waals surface area contributed by atoms with E-state index >= 15 is 0 Å². The van der Waals surface area contributed by atoms with Gasteiger partial charge in [-0.3, -0.25) is 4.90 Å². The zero-order valence-corrected chi connectivity index (χ0v) is 11.8. The van der Waals surface area contributed by atoms with E-state index in [0.717, 1.165) is 23.3 Å². The minimum Gasteiger partial charge on any atom is -0.311 e. The van der Waals surface area contributed by atoms with Crippen molar-refractivity contribution in [2.24, 2.45) is 5.92 Å². The molecule has 98 valence electrons. The lowest BCUT2D eigenvalue weighted by atomic mass is 9.92. The number of nitrogens with zero attached hydrogens (tertiary/aromatic N) is 1. The average Bonchev–Trinajstić information content (AvgIpc) is 3.23. The second-order valence-electron chi connectivity index (χ2n) is 6.02. The number of thioether (sulfide) groups is 1. The highest BCUT2D eigenvalue weighted by atomic mass is 32.2. The Kier molecular flexibility index (Phi) is 3.98. The van der Waals surface area contributed by atoms with Crippen LogP contribution in [0.1, 0.15) is 38.5 Å². The first kappa shape index (κ1) is 12.3. The van der Waals surface area contributed by atoms with Crippen LogP contribution in [0, 0.1) is 5.92 Å². The molecule has 3 unspecified atom stereocenters. The van der Waals surface area contributed by atoms with Crippen LogP contribution in [0.3, 0.4) is 0 Å². The molecule has 17 heavy (non-hydrogen) atoms. The van der Waals surface area contributed by atoms with Gasteiger partial charge in [0, 0.05) is 37.0 Å². The van der Waals surface area contributed by atoms with Gasteiger partial charge in [0.25, 0.3) is 0 Å². The lowest BCUT2D eigenvalue weighted by Gasteiger charge is -2.44. The van der Waals surface area contributed by atoms with Crippen molar-refractivity contribution < 1.29 is 0 Å². The zero-order valence-electron chi connectivity index (χ0n) is 11.0. The van der Waals surface area contributed by atoms with E-state index in [0.29, 0.717) is 0 Å². The van der Waals surface area contributed by atoms with Gasteiger partial charge in [0.2, 0.25) is 0 Å². The monoisotopic (exact) mass is 254 g/mol. The average molecular weight is 254 g/mol. The molecule has 0 spiro atoms. The third-order valence-corrected chi connectivity index (χ3v) is 6.02. The maximum Gasteiger partial charge on any atom is 0.0223 e. The summed E-state index contributed by atoms with van der Waals surface area (Å²) < 4.78 is 0. The van der Waals surface area contributed by atoms with Crippen molar-refractivity contribution in [3.05, 3.63) is 0 Å². The molecule has 1 N–H and O–H groups in total. The summed E-state index contributed by atoms with van der Waals surface area (Å²) in [4.78, 5) is 2.82. The van der Waals surface area contributed by atoms with Crippen molar-refractivity contribution in [1.29, 1.82) is 0 Å². The first-order chi connectivity index (χ1) is 8.38. The molecule has 3 fully saturated rings. The molecule has 0 aromatic carbocycles. The van der Waals surface area contributed by atoms with Crippen LogP contribution in [-0.4, -0.2) is 48.1 Å². The van der Waals surface area contributed by atoms with Crippen LogP contribution in [0.4, 0.5) is 0 Å². The van der Waals surface area contributed by atoms with Gasteiger partial charge in [-0.25, -0.2) is 0 Å². The van der Waals surface area contributed by atoms with E-state index in [4.69, 9.17) is 0 Å². The fraction of sp³-hybridized carbons (Fsp3) is 1.00. The van der Waals surface area contributed by atoms with Gasteiger partial charge in [0.1, 0.15) is 0 Å². The molecule has 3 atom stereocenters. The number of piperazine rings is 1. The number of hydrogen-bond donors (Lipinski definition) is 1. The Labute approximate surface area is 110 Å². The Hall–Kier alpha value is 0.270. The molecule has 0 aromatic heterocycles. The SMILES string of the molecule is CSC1CCCCC1N1CCNC(C2CC2)C1. The molecule has 3 aliphatic rings. The molecule has 2 nitrogen and oxygen atoms in total. The Morgan fingerprint density at radius 3 is 2.71 bits per heavy atom. The molecule has 2 saturated carbocycles. The highest BCUT2D eigenvalue weighted by Crippen LogP contribution is 2.36. The highest BCUT2D eigenvalue weighted by Gasteiger charge is 2.37. The maximum atomic E-state index is 3.73. The fourth-order valence-electron chi connectivity index (χ4n) is 3.69. The van der Waals surface area contributed by atoms with E-state index in [9.17, 15) is 0 Å². The molecular formula is C14H26N2S. The Bertz CT molecular complexity index is 255. The third kappa shape index (κ3) is 2.82. The first-order valence-electron chi connectivity index (χ1n) is 7.38. The number of hydrogen-bond acceptors (Lipinski definition) is 3. The van der Waals surface area contributed by atoms with E-state index in [1.54, 1.807) is 0 Å². The number of rotatable bonds is 3. The van der Waals surface area contributed by atoms with Crippen LogP contribution in [0.25, 0.3) is 0 Å². The van der Waals surface area contributed by atoms with Crippen molar-refractivity contribution >= 4 is 11.8 Å². The minimum atomic E-state index is 0.813. The van der Waals surface area contributed by atoms with E-state index in [1.807, 2.05) is 0 Å². The quantitative estimate of drug-likeness (QED) is 0.832. The van der Waals surface area contributed by atoms with E-state index in [1.165, 1.54) is 58.2 Å². The van der Waals surface area contributed by atoms with Gasteiger partial charge in [-0.1, -0.05) is 12.8 Å². The molecule has 0 bridgehead atoms. The second-order valence-corrected chi connectivity index (χ2v) is 7.10. The summed E-state index contributed by atoms with van der Waals surface area (Å²) in [5, 5.41) is 4.64. The van der Waals surface area contributed by atoms with Crippen molar-refractivity contribution in [2.75, 3.05) is 25.9 Å². The molecule has 1 aliphatic heterocycles. The van der Waals surface area contributed by atoms with Crippen LogP contribution in [0.5, 0.6) is 0 Å². The molecule has 0 amide bonds. The van der Waals surface area contributed by atoms with Gasteiger partial charge in [0.05, 0.1) is 0 Å². The summed E-state index contributed by atoms with van der Waals surface area (Å²) in [5.74, 6) is 1.01. The normalized spacial score (nSPS) is 40.4. The summed E-state index contributed by atoms with van der Waals surface area (Å²) in [7, 11) is 0. The molecule has 2 aliphatic carbocycles. The Morgan fingerprint density at radius 1 is 1.12 bits per heavy atom. The van der Waals surface area contributed by atoms with Crippen LogP contribution in [0.2, 0.25) is 0 Å². The summed E-state index contributed by atoms with van der Waals surface area (Å²) >= 11 is 2.11. The smallest absolute Gasteiger partial charge is 0.0223 e. The number of nitrogens with one attached hydrogen (secondary N) is 1. The van der Waals surface area contributed by atoms with Crippen molar-refractivity contribution in [3.8, 4) is 0 Å². The minimum absolute atomic E-state index is 0.813. The van der Waals surface area contributed by atoms with Crippen molar-refractivity contribution in [1.82, 2.24) is 10.2 Å². The van der Waals surface area contributed by atoms with Crippen LogP contribution < -0.4 is 5.32 Å². The molecule has 0 aromatic rings. The van der Waals surface area contributed by atoms with E-state index in [-0.39, 0.29) is 0 Å². The van der Waals surface area contributed by atoms with Gasteiger partial charge < -0.3 is 5.32 Å². The molecule has 3 heteroatoms. The fourth-order valence-corrected chi connectivity index (χ4v) is 4.71. The molecule has 1 saturated heterocycles. The molecule has 3 rings (SSSR count). The summed E-state index contributed by atoms with van der Waals surface area (Å²) in [6, 6.07) is 1.69. The largest absolute Gasteiger partial charge is 0.311 e. The molecule has 1 heterocycles. The summed E-state index contributed by atoms with van der Waals surface area (Å²) in [6.07, 6.45) is 11.1. The topological polar surface area (TPSA) is 15.3 Å². The summed E-state index contributed by atoms with van der Waals surface area (Å²) in [6.45, 7) is 3.83. The summed E-state index contributed by atoms with van der Waals surface area (Å²) in [5.41, 5.74) is 0. The van der Waals surface area contributed by atoms with Gasteiger partial charge in [-0.15, -0.1) is 0 Å². The van der Waals surface area contributed by atoms with Gasteiger partial charge >= 0.3 is 0 Å². The van der Waals surface area contributed by atoms with Gasteiger partial charge in [0.15, 0.2) is 0 Å². The first-order valence-corrected chi connectivity index (χ1v) is 8.67. The third-order valence-electron chi connectivity index (χ3n) is 4.87. The van der Waals surface area contributed by atoms with Gasteiger partial charge in [-0.2, -0.15) is 11.8 Å². The molecule has 0 radical (unpaired) electrons. The van der Waals surface area contributed by atoms with Crippen LogP contribution in [0.15, 0.2) is 0 Å². The highest BCUT2D eigenvalue weighted by molar-refractivity contribution is 7.99. The Morgan fingerprint density at radius 2 is 1.94 bits per heavy atom. The van der Waals surface area contributed by atoms with Crippen molar-refractivity contribution in [3.63, 3.8) is 0 Å². The zero-order chi connectivity index (χ0) is 11.7. The standard InChI is InChI=1S/C14H26N2S/c1-17-14-5-3-2-4-13(14)16-9-8-15-12(10-16)11-6-7-11/h11-15H,2-10H2,1H3. The maximum absolute atomic E-state index is 3.73. The lowest BCUT2D eigenvalue weighted by Crippen LogP contribution is -2.57.